The molecule has 0 bridgehead atoms. The Balaban J connectivity index is 2.10. The summed E-state index contributed by atoms with van der Waals surface area (Å²) in [6.07, 6.45) is 0.297. The number of sulfonamides is 1. The lowest BCUT2D eigenvalue weighted by atomic mass is 10.1. The third-order valence-corrected chi connectivity index (χ3v) is 9.13. The van der Waals surface area contributed by atoms with Crippen LogP contribution >= 0.6 is 23.2 Å². The minimum Gasteiger partial charge on any atom is -0.493 e. The van der Waals surface area contributed by atoms with Crippen LogP contribution in [-0.2, 0) is 26.2 Å². The van der Waals surface area contributed by atoms with Crippen molar-refractivity contribution in [2.45, 2.75) is 44.7 Å². The molecule has 0 saturated heterocycles. The van der Waals surface area contributed by atoms with E-state index < -0.39 is 28.5 Å². The number of nitrogens with one attached hydrogen (secondary N) is 1. The van der Waals surface area contributed by atoms with Crippen molar-refractivity contribution >= 4 is 50.7 Å². The van der Waals surface area contributed by atoms with Crippen LogP contribution in [0.15, 0.2) is 65.6 Å². The number of halogens is 2. The average Bonchev–Trinajstić information content (AvgIpc) is 2.97. The summed E-state index contributed by atoms with van der Waals surface area (Å²) in [4.78, 5) is 28.4. The molecule has 42 heavy (non-hydrogen) atoms. The van der Waals surface area contributed by atoms with E-state index in [1.165, 1.54) is 37.3 Å². The fourth-order valence-electron chi connectivity index (χ4n) is 4.39. The van der Waals surface area contributed by atoms with Crippen molar-refractivity contribution in [3.63, 3.8) is 0 Å². The van der Waals surface area contributed by atoms with Crippen LogP contribution < -0.4 is 19.1 Å². The summed E-state index contributed by atoms with van der Waals surface area (Å²) < 4.78 is 39.8. The smallest absolute Gasteiger partial charge is 0.264 e. The van der Waals surface area contributed by atoms with E-state index in [1.54, 1.807) is 56.3 Å². The number of hydrogen-bond acceptors (Lipinski definition) is 6. The molecule has 0 radical (unpaired) electrons. The van der Waals surface area contributed by atoms with Crippen molar-refractivity contribution < 1.29 is 27.5 Å². The van der Waals surface area contributed by atoms with Gasteiger partial charge in [-0.25, -0.2) is 8.42 Å². The van der Waals surface area contributed by atoms with E-state index in [0.717, 1.165) is 9.87 Å². The van der Waals surface area contributed by atoms with Crippen LogP contribution in [0.3, 0.4) is 0 Å². The molecular formula is C30H35Cl2N3O6S. The Morgan fingerprint density at radius 2 is 1.57 bits per heavy atom. The molecular weight excluding hydrogens is 601 g/mol. The number of methoxy groups -OCH3 is 2. The molecule has 0 aliphatic rings. The van der Waals surface area contributed by atoms with Crippen LogP contribution in [0.4, 0.5) is 5.69 Å². The molecule has 0 aromatic heterocycles. The van der Waals surface area contributed by atoms with Gasteiger partial charge in [0.2, 0.25) is 11.8 Å². The van der Waals surface area contributed by atoms with Gasteiger partial charge in [0.15, 0.2) is 11.5 Å². The molecule has 0 unspecified atom stereocenters. The summed E-state index contributed by atoms with van der Waals surface area (Å²) in [5.74, 6) is -0.353. The fraction of sp³-hybridized carbons (Fsp3) is 0.333. The first-order valence-corrected chi connectivity index (χ1v) is 15.5. The summed E-state index contributed by atoms with van der Waals surface area (Å²) in [5.41, 5.74) is 1.83. The van der Waals surface area contributed by atoms with Gasteiger partial charge in [0.1, 0.15) is 12.6 Å². The van der Waals surface area contributed by atoms with E-state index in [0.29, 0.717) is 34.3 Å². The van der Waals surface area contributed by atoms with Crippen molar-refractivity contribution in [2.24, 2.45) is 0 Å². The number of amides is 2. The van der Waals surface area contributed by atoms with E-state index in [2.05, 4.69) is 5.32 Å². The zero-order valence-electron chi connectivity index (χ0n) is 24.2. The number of rotatable bonds is 13. The highest BCUT2D eigenvalue weighted by Crippen LogP contribution is 2.32. The Labute approximate surface area is 257 Å². The average molecular weight is 637 g/mol. The predicted octanol–water partition coefficient (Wildman–Crippen LogP) is 5.46. The van der Waals surface area contributed by atoms with Crippen LogP contribution in [0, 0.1) is 6.92 Å². The number of aryl methyl sites for hydroxylation is 1. The molecule has 0 saturated carbocycles. The molecule has 3 aromatic carbocycles. The molecule has 226 valence electrons. The summed E-state index contributed by atoms with van der Waals surface area (Å²) >= 11 is 12.3. The van der Waals surface area contributed by atoms with Crippen molar-refractivity contribution in [3.8, 4) is 11.5 Å². The van der Waals surface area contributed by atoms with Gasteiger partial charge in [-0.2, -0.15) is 0 Å². The Bertz CT molecular complexity index is 1520. The fourth-order valence-corrected chi connectivity index (χ4v) is 6.14. The van der Waals surface area contributed by atoms with Gasteiger partial charge >= 0.3 is 0 Å². The number of hydrogen-bond donors (Lipinski definition) is 1. The van der Waals surface area contributed by atoms with Gasteiger partial charge in [0.05, 0.1) is 34.8 Å². The molecule has 3 rings (SSSR count). The third-order valence-electron chi connectivity index (χ3n) is 6.62. The number of carbonyl (C=O) groups is 2. The van der Waals surface area contributed by atoms with Crippen LogP contribution in [0.25, 0.3) is 0 Å². The molecule has 0 aliphatic heterocycles. The molecule has 1 N–H and O–H groups in total. The highest BCUT2D eigenvalue weighted by atomic mass is 35.5. The van der Waals surface area contributed by atoms with E-state index >= 15 is 0 Å². The highest BCUT2D eigenvalue weighted by Gasteiger charge is 2.34. The number of anilines is 1. The van der Waals surface area contributed by atoms with Gasteiger partial charge in [-0.05, 0) is 62.2 Å². The monoisotopic (exact) mass is 635 g/mol. The van der Waals surface area contributed by atoms with E-state index in [-0.39, 0.29) is 28.8 Å². The molecule has 2 amide bonds. The van der Waals surface area contributed by atoms with Crippen molar-refractivity contribution in [2.75, 3.05) is 31.6 Å². The first kappa shape index (κ1) is 33.0. The second kappa shape index (κ2) is 14.6. The van der Waals surface area contributed by atoms with Gasteiger partial charge in [0.25, 0.3) is 10.0 Å². The molecule has 0 aliphatic carbocycles. The maximum Gasteiger partial charge on any atom is 0.264 e. The minimum absolute atomic E-state index is 0.00348. The topological polar surface area (TPSA) is 105 Å². The number of ether oxygens (including phenoxy) is 2. The van der Waals surface area contributed by atoms with E-state index in [9.17, 15) is 18.0 Å². The van der Waals surface area contributed by atoms with Gasteiger partial charge in [-0.1, -0.05) is 53.9 Å². The van der Waals surface area contributed by atoms with Gasteiger partial charge in [-0.3, -0.25) is 13.9 Å². The van der Waals surface area contributed by atoms with Crippen molar-refractivity contribution in [3.05, 3.63) is 81.8 Å². The Hall–Kier alpha value is -3.47. The van der Waals surface area contributed by atoms with Gasteiger partial charge < -0.3 is 19.7 Å². The quantitative estimate of drug-likeness (QED) is 0.267. The molecule has 1 atom stereocenters. The van der Waals surface area contributed by atoms with Crippen LogP contribution in [0.2, 0.25) is 10.0 Å². The molecule has 9 nitrogen and oxygen atoms in total. The van der Waals surface area contributed by atoms with Gasteiger partial charge in [-0.15, -0.1) is 0 Å². The summed E-state index contributed by atoms with van der Waals surface area (Å²) in [7, 11) is -1.44. The lowest BCUT2D eigenvalue weighted by Gasteiger charge is -2.33. The minimum atomic E-state index is -4.29. The Morgan fingerprint density at radius 1 is 0.905 bits per heavy atom. The van der Waals surface area contributed by atoms with Gasteiger partial charge in [0, 0.05) is 19.2 Å². The largest absolute Gasteiger partial charge is 0.493 e. The number of benzene rings is 3. The number of nitrogens with zero attached hydrogens (tertiary/aromatic N) is 2. The van der Waals surface area contributed by atoms with Crippen LogP contribution in [0.5, 0.6) is 11.5 Å². The molecule has 0 fully saturated rings. The number of likely N-dealkylation sites (N-methyl/N-ethyl adjacent to an activating group) is 1. The van der Waals surface area contributed by atoms with Crippen molar-refractivity contribution in [1.82, 2.24) is 10.2 Å². The van der Waals surface area contributed by atoms with E-state index in [1.807, 2.05) is 6.92 Å². The van der Waals surface area contributed by atoms with Crippen LogP contribution in [0.1, 0.15) is 31.4 Å². The zero-order valence-corrected chi connectivity index (χ0v) is 26.5. The van der Waals surface area contributed by atoms with E-state index in [4.69, 9.17) is 32.7 Å². The lowest BCUT2D eigenvalue weighted by Crippen LogP contribution is -2.52. The Morgan fingerprint density at radius 3 is 2.14 bits per heavy atom. The predicted molar refractivity (Wildman–Crippen MR) is 165 cm³/mol. The van der Waals surface area contributed by atoms with Crippen molar-refractivity contribution in [1.29, 1.82) is 0 Å². The maximum absolute atomic E-state index is 14.1. The summed E-state index contributed by atoms with van der Waals surface area (Å²) in [5, 5.41) is 3.42. The van der Waals surface area contributed by atoms with Crippen LogP contribution in [-0.4, -0.2) is 58.5 Å². The first-order valence-electron chi connectivity index (χ1n) is 13.3. The third kappa shape index (κ3) is 7.67. The lowest BCUT2D eigenvalue weighted by molar-refractivity contribution is -0.140. The SMILES string of the molecule is CCNC(=O)[C@H](CC)N(Cc1ccc(Cl)c(Cl)c1)C(=O)CN(c1ccc(C)cc1)S(=O)(=O)c1ccc(OC)c(OC)c1. The Kier molecular flexibility index (Phi) is 11.5. The normalized spacial score (nSPS) is 11.9. The summed E-state index contributed by atoms with van der Waals surface area (Å²) in [6, 6.07) is 15.1. The second-order valence-corrected chi connectivity index (χ2v) is 12.1. The highest BCUT2D eigenvalue weighted by molar-refractivity contribution is 7.92. The maximum atomic E-state index is 14.1. The molecule has 3 aromatic rings. The number of carbonyl (C=O) groups excluding carboxylic acids is 2. The molecule has 0 heterocycles. The summed E-state index contributed by atoms with van der Waals surface area (Å²) in [6.45, 7) is 5.24. The molecule has 0 spiro atoms. The first-order chi connectivity index (χ1) is 20.0. The second-order valence-electron chi connectivity index (χ2n) is 9.45. The zero-order chi connectivity index (χ0) is 31.0. The standard InChI is InChI=1S/C30H35Cl2N3O6S/c1-6-26(30(37)33-7-2)34(18-21-10-14-24(31)25(32)16-21)29(36)19-35(22-11-8-20(3)9-12-22)42(38,39)23-13-15-27(40-4)28(17-23)41-5/h8-17,26H,6-7,18-19H2,1-5H3,(H,33,37)/t26-/m0/s1. The molecule has 12 heteroatoms.